The van der Waals surface area contributed by atoms with Gasteiger partial charge in [0.25, 0.3) is 5.91 Å². The fraction of sp³-hybridized carbons (Fsp3) is 0.0833. The van der Waals surface area contributed by atoms with Crippen LogP contribution in [0.5, 0.6) is 0 Å². The lowest BCUT2D eigenvalue weighted by Gasteiger charge is -2.14. The molecule has 0 saturated carbocycles. The van der Waals surface area contributed by atoms with Gasteiger partial charge in [-0.25, -0.2) is 4.39 Å². The van der Waals surface area contributed by atoms with E-state index in [0.29, 0.717) is 5.56 Å². The molecule has 0 atom stereocenters. The Morgan fingerprint density at radius 1 is 1.53 bits per heavy atom. The van der Waals surface area contributed by atoms with E-state index < -0.39 is 24.2 Å². The molecule has 1 heterocycles. The van der Waals surface area contributed by atoms with E-state index >= 15 is 0 Å². The van der Waals surface area contributed by atoms with Crippen molar-refractivity contribution in [3.63, 3.8) is 0 Å². The molecule has 0 bridgehead atoms. The largest absolute Gasteiger partial charge is 0.548 e. The average Bonchev–Trinajstić information content (AvgIpc) is 2.57. The second-order valence-corrected chi connectivity index (χ2v) is 5.37. The summed E-state index contributed by atoms with van der Waals surface area (Å²) in [7, 11) is 0. The lowest BCUT2D eigenvalue weighted by Crippen LogP contribution is -2.40. The number of amides is 1. The highest BCUT2D eigenvalue weighted by Gasteiger charge is 2.31. The Bertz CT molecular complexity index is 600. The Morgan fingerprint density at radius 2 is 2.26 bits per heavy atom. The number of carbonyl (C=O) groups excluding carboxylic acids is 2. The van der Waals surface area contributed by atoms with Crippen molar-refractivity contribution >= 4 is 46.3 Å². The molecule has 2 rings (SSSR count). The highest BCUT2D eigenvalue weighted by atomic mass is 32.2. The van der Waals surface area contributed by atoms with E-state index in [1.165, 1.54) is 24.3 Å². The van der Waals surface area contributed by atoms with Crippen molar-refractivity contribution in [1.29, 1.82) is 0 Å². The maximum absolute atomic E-state index is 13.0. The normalized spacial score (nSPS) is 17.3. The van der Waals surface area contributed by atoms with Gasteiger partial charge in [-0.2, -0.15) is 0 Å². The van der Waals surface area contributed by atoms with Crippen molar-refractivity contribution in [2.75, 3.05) is 6.54 Å². The molecule has 1 aromatic carbocycles. The number of thiocarbonyl (C=S) groups is 1. The summed E-state index contributed by atoms with van der Waals surface area (Å²) in [6, 6.07) is 5.71. The minimum absolute atomic E-state index is 0.150. The number of benzene rings is 1. The van der Waals surface area contributed by atoms with Crippen LogP contribution < -0.4 is 5.11 Å². The molecule has 0 spiro atoms. The van der Waals surface area contributed by atoms with E-state index in [4.69, 9.17) is 12.2 Å². The van der Waals surface area contributed by atoms with E-state index in [0.717, 1.165) is 16.7 Å². The van der Waals surface area contributed by atoms with Gasteiger partial charge in [0, 0.05) is 0 Å². The Labute approximate surface area is 117 Å². The van der Waals surface area contributed by atoms with Crippen molar-refractivity contribution in [1.82, 2.24) is 4.90 Å². The van der Waals surface area contributed by atoms with Crippen LogP contribution in [0.1, 0.15) is 5.56 Å². The lowest BCUT2D eigenvalue weighted by molar-refractivity contribution is -0.305. The number of hydrogen-bond donors (Lipinski definition) is 0. The zero-order valence-corrected chi connectivity index (χ0v) is 11.1. The third-order valence-electron chi connectivity index (χ3n) is 2.31. The first-order valence-electron chi connectivity index (χ1n) is 5.18. The van der Waals surface area contributed by atoms with Gasteiger partial charge in [0.2, 0.25) is 0 Å². The van der Waals surface area contributed by atoms with E-state index in [1.807, 2.05) is 0 Å². The molecule has 0 aliphatic carbocycles. The van der Waals surface area contributed by atoms with E-state index in [-0.39, 0.29) is 9.23 Å². The molecule has 0 radical (unpaired) electrons. The highest BCUT2D eigenvalue weighted by molar-refractivity contribution is 8.26. The minimum Gasteiger partial charge on any atom is -0.548 e. The maximum Gasteiger partial charge on any atom is 0.266 e. The van der Waals surface area contributed by atoms with Crippen molar-refractivity contribution in [3.05, 3.63) is 40.6 Å². The number of carboxylic acid groups (broad SMARTS) is 1. The number of hydrogen-bond acceptors (Lipinski definition) is 5. The summed E-state index contributed by atoms with van der Waals surface area (Å²) in [5, 5.41) is 10.5. The molecule has 0 N–H and O–H groups in total. The molecular formula is C12H7FNO3S2-. The van der Waals surface area contributed by atoms with E-state index in [1.54, 1.807) is 6.07 Å². The van der Waals surface area contributed by atoms with Gasteiger partial charge in [0.05, 0.1) is 17.4 Å². The number of carboxylic acids is 1. The second-order valence-electron chi connectivity index (χ2n) is 3.69. The summed E-state index contributed by atoms with van der Waals surface area (Å²) in [6.07, 6.45) is 1.47. The first-order valence-corrected chi connectivity index (χ1v) is 6.40. The second kappa shape index (κ2) is 5.50. The lowest BCUT2D eigenvalue weighted by atomic mass is 10.2. The van der Waals surface area contributed by atoms with Gasteiger partial charge < -0.3 is 9.90 Å². The predicted octanol–water partition coefficient (Wildman–Crippen LogP) is 0.777. The molecular weight excluding hydrogens is 289 g/mol. The van der Waals surface area contributed by atoms with Crippen LogP contribution in [0.25, 0.3) is 6.08 Å². The van der Waals surface area contributed by atoms with E-state index in [2.05, 4.69) is 0 Å². The average molecular weight is 296 g/mol. The number of carbonyl (C=O) groups is 2. The van der Waals surface area contributed by atoms with Crippen LogP contribution in [0, 0.1) is 5.82 Å². The standard InChI is InChI=1S/C12H8FNO3S2/c13-8-3-1-2-7(4-8)5-9-11(17)14(6-10(15)16)12(18)19-9/h1-5H,6H2,(H,15,16)/p-1. The summed E-state index contributed by atoms with van der Waals surface area (Å²) in [5.41, 5.74) is 0.508. The molecule has 4 nitrogen and oxygen atoms in total. The van der Waals surface area contributed by atoms with Gasteiger partial charge in [0.15, 0.2) is 0 Å². The molecule has 1 aliphatic heterocycles. The van der Waals surface area contributed by atoms with Gasteiger partial charge in [-0.05, 0) is 23.8 Å². The molecule has 1 aliphatic rings. The van der Waals surface area contributed by atoms with Crippen molar-refractivity contribution in [2.45, 2.75) is 0 Å². The van der Waals surface area contributed by atoms with Gasteiger partial charge in [-0.3, -0.25) is 9.69 Å². The fourth-order valence-corrected chi connectivity index (χ4v) is 2.77. The van der Waals surface area contributed by atoms with Crippen LogP contribution in [-0.4, -0.2) is 27.6 Å². The molecule has 0 aromatic heterocycles. The third-order valence-corrected chi connectivity index (χ3v) is 3.69. The SMILES string of the molecule is O=C([O-])CN1C(=O)C(=Cc2cccc(F)c2)SC1=S. The van der Waals surface area contributed by atoms with Crippen LogP contribution in [0.2, 0.25) is 0 Å². The number of thioether (sulfide) groups is 1. The van der Waals surface area contributed by atoms with Crippen molar-refractivity contribution < 1.29 is 19.1 Å². The van der Waals surface area contributed by atoms with Crippen LogP contribution in [0.15, 0.2) is 29.2 Å². The topological polar surface area (TPSA) is 60.4 Å². The molecule has 0 unspecified atom stereocenters. The summed E-state index contributed by atoms with van der Waals surface area (Å²) >= 11 is 5.90. The van der Waals surface area contributed by atoms with Gasteiger partial charge >= 0.3 is 0 Å². The van der Waals surface area contributed by atoms with Gasteiger partial charge in [-0.15, -0.1) is 0 Å². The summed E-state index contributed by atoms with van der Waals surface area (Å²) in [4.78, 5) is 23.6. The van der Waals surface area contributed by atoms with Crippen LogP contribution in [0.3, 0.4) is 0 Å². The number of halogens is 1. The summed E-state index contributed by atoms with van der Waals surface area (Å²) in [5.74, 6) is -2.31. The Morgan fingerprint density at radius 3 is 2.89 bits per heavy atom. The third kappa shape index (κ3) is 3.18. The van der Waals surface area contributed by atoms with Crippen LogP contribution in [-0.2, 0) is 9.59 Å². The Balaban J connectivity index is 2.25. The van der Waals surface area contributed by atoms with Gasteiger partial charge in [0.1, 0.15) is 10.1 Å². The zero-order chi connectivity index (χ0) is 14.0. The van der Waals surface area contributed by atoms with E-state index in [9.17, 15) is 19.1 Å². The number of nitrogens with zero attached hydrogens (tertiary/aromatic N) is 1. The van der Waals surface area contributed by atoms with Crippen LogP contribution >= 0.6 is 24.0 Å². The molecule has 7 heteroatoms. The quantitative estimate of drug-likeness (QED) is 0.609. The Kier molecular flexibility index (Phi) is 3.96. The van der Waals surface area contributed by atoms with Gasteiger partial charge in [-0.1, -0.05) is 36.1 Å². The molecule has 1 fully saturated rings. The van der Waals surface area contributed by atoms with Crippen LogP contribution in [0.4, 0.5) is 4.39 Å². The minimum atomic E-state index is -1.39. The predicted molar refractivity (Wildman–Crippen MR) is 71.3 cm³/mol. The molecule has 1 aromatic rings. The first-order chi connectivity index (χ1) is 8.97. The monoisotopic (exact) mass is 296 g/mol. The van der Waals surface area contributed by atoms with Crippen molar-refractivity contribution in [2.24, 2.45) is 0 Å². The molecule has 19 heavy (non-hydrogen) atoms. The number of rotatable bonds is 3. The number of aliphatic carboxylic acids is 1. The molecule has 1 amide bonds. The summed E-state index contributed by atoms with van der Waals surface area (Å²) < 4.78 is 13.2. The maximum atomic E-state index is 13.0. The fourth-order valence-electron chi connectivity index (χ4n) is 1.51. The molecule has 1 saturated heterocycles. The Hall–Kier alpha value is -1.73. The highest BCUT2D eigenvalue weighted by Crippen LogP contribution is 2.32. The first kappa shape index (κ1) is 13.7. The smallest absolute Gasteiger partial charge is 0.266 e. The molecule has 98 valence electrons. The zero-order valence-electron chi connectivity index (χ0n) is 9.46. The van der Waals surface area contributed by atoms with Crippen molar-refractivity contribution in [3.8, 4) is 0 Å². The summed E-state index contributed by atoms with van der Waals surface area (Å²) in [6.45, 7) is -0.578.